The Balaban J connectivity index is 2.40. The molecule has 7 nitrogen and oxygen atoms in total. The number of carboxylic acid groups (broad SMARTS) is 1. The lowest BCUT2D eigenvalue weighted by Crippen LogP contribution is -2.22. The van der Waals surface area contributed by atoms with Crippen molar-refractivity contribution in [2.75, 3.05) is 14.1 Å². The number of aromatic nitrogens is 3. The zero-order valence-corrected chi connectivity index (χ0v) is 11.5. The third-order valence-electron chi connectivity index (χ3n) is 2.52. The van der Waals surface area contributed by atoms with E-state index in [1.54, 1.807) is 14.1 Å². The van der Waals surface area contributed by atoms with Gasteiger partial charge in [-0.1, -0.05) is 11.6 Å². The highest BCUT2D eigenvalue weighted by Crippen LogP contribution is 2.17. The third kappa shape index (κ3) is 2.62. The van der Waals surface area contributed by atoms with Crippen LogP contribution in [0.3, 0.4) is 0 Å². The summed E-state index contributed by atoms with van der Waals surface area (Å²) in [5.74, 6) is -1.14. The summed E-state index contributed by atoms with van der Waals surface area (Å²) in [7, 11) is 3.23. The van der Waals surface area contributed by atoms with Crippen LogP contribution >= 0.6 is 11.6 Å². The first-order valence-corrected chi connectivity index (χ1v) is 5.94. The first kappa shape index (κ1) is 14.0. The number of aromatic carboxylic acids is 1. The second kappa shape index (κ2) is 5.30. The zero-order valence-electron chi connectivity index (χ0n) is 10.7. The average Bonchev–Trinajstić information content (AvgIpc) is 2.87. The molecule has 2 aromatic rings. The van der Waals surface area contributed by atoms with Crippen molar-refractivity contribution >= 4 is 23.5 Å². The van der Waals surface area contributed by atoms with Crippen LogP contribution in [0.1, 0.15) is 20.8 Å². The number of carbonyl (C=O) groups excluding carboxylic acids is 1. The van der Waals surface area contributed by atoms with Gasteiger partial charge in [-0.25, -0.2) is 14.5 Å². The van der Waals surface area contributed by atoms with Gasteiger partial charge < -0.3 is 10.0 Å². The molecule has 0 bridgehead atoms. The van der Waals surface area contributed by atoms with Crippen molar-refractivity contribution < 1.29 is 14.7 Å². The van der Waals surface area contributed by atoms with E-state index in [0.717, 1.165) is 0 Å². The summed E-state index contributed by atoms with van der Waals surface area (Å²) < 4.78 is 1.32. The number of hydrogen-bond acceptors (Lipinski definition) is 4. The SMILES string of the molecule is CN(C)C(=O)c1ccn(-c2cc(C(=O)O)c(Cl)cn2)n1. The molecule has 0 aliphatic carbocycles. The Hall–Kier alpha value is -2.41. The normalized spacial score (nSPS) is 10.3. The highest BCUT2D eigenvalue weighted by Gasteiger charge is 2.15. The van der Waals surface area contributed by atoms with Crippen molar-refractivity contribution in [3.8, 4) is 5.82 Å². The zero-order chi connectivity index (χ0) is 14.9. The molecule has 0 aromatic carbocycles. The molecule has 0 atom stereocenters. The van der Waals surface area contributed by atoms with E-state index in [0.29, 0.717) is 0 Å². The largest absolute Gasteiger partial charge is 0.478 e. The smallest absolute Gasteiger partial charge is 0.337 e. The molecule has 8 heteroatoms. The van der Waals surface area contributed by atoms with E-state index in [1.165, 1.54) is 34.1 Å². The Labute approximate surface area is 119 Å². The molecule has 0 saturated carbocycles. The van der Waals surface area contributed by atoms with Crippen LogP contribution in [-0.2, 0) is 0 Å². The Morgan fingerprint density at radius 1 is 1.40 bits per heavy atom. The molecule has 2 aromatic heterocycles. The second-order valence-electron chi connectivity index (χ2n) is 4.17. The minimum absolute atomic E-state index is 0.0398. The first-order valence-electron chi connectivity index (χ1n) is 5.56. The first-order chi connectivity index (χ1) is 9.40. The number of carbonyl (C=O) groups is 2. The Kier molecular flexibility index (Phi) is 3.71. The van der Waals surface area contributed by atoms with Crippen molar-refractivity contribution in [1.29, 1.82) is 0 Å². The molecule has 1 amide bonds. The molecule has 0 aliphatic heterocycles. The van der Waals surface area contributed by atoms with Gasteiger partial charge in [0, 0.05) is 26.5 Å². The average molecular weight is 295 g/mol. The van der Waals surface area contributed by atoms with Crippen LogP contribution in [0.15, 0.2) is 24.5 Å². The van der Waals surface area contributed by atoms with E-state index in [-0.39, 0.29) is 28.0 Å². The van der Waals surface area contributed by atoms with E-state index in [4.69, 9.17) is 16.7 Å². The van der Waals surface area contributed by atoms with Crippen LogP contribution in [0.2, 0.25) is 5.02 Å². The molecule has 0 radical (unpaired) electrons. The molecule has 0 spiro atoms. The maximum Gasteiger partial charge on any atom is 0.337 e. The molecule has 104 valence electrons. The Morgan fingerprint density at radius 3 is 2.70 bits per heavy atom. The van der Waals surface area contributed by atoms with Gasteiger partial charge in [-0.05, 0) is 12.1 Å². The summed E-state index contributed by atoms with van der Waals surface area (Å²) >= 11 is 5.74. The van der Waals surface area contributed by atoms with Gasteiger partial charge in [0.25, 0.3) is 5.91 Å². The number of hydrogen-bond donors (Lipinski definition) is 1. The van der Waals surface area contributed by atoms with Crippen molar-refractivity contribution in [2.24, 2.45) is 0 Å². The summed E-state index contributed by atoms with van der Waals surface area (Å²) in [5, 5.41) is 13.1. The van der Waals surface area contributed by atoms with Crippen LogP contribution in [0.25, 0.3) is 5.82 Å². The second-order valence-corrected chi connectivity index (χ2v) is 4.58. The molecular formula is C12H11ClN4O3. The van der Waals surface area contributed by atoms with Crippen molar-refractivity contribution in [3.05, 3.63) is 40.8 Å². The van der Waals surface area contributed by atoms with Gasteiger partial charge in [0.05, 0.1) is 10.6 Å². The molecule has 0 saturated heterocycles. The molecule has 0 unspecified atom stereocenters. The predicted molar refractivity (Wildman–Crippen MR) is 71.3 cm³/mol. The number of amides is 1. The highest BCUT2D eigenvalue weighted by molar-refractivity contribution is 6.33. The number of pyridine rings is 1. The molecule has 0 aliphatic rings. The third-order valence-corrected chi connectivity index (χ3v) is 2.82. The van der Waals surface area contributed by atoms with Gasteiger partial charge in [0.15, 0.2) is 11.5 Å². The summed E-state index contributed by atoms with van der Waals surface area (Å²) in [6.45, 7) is 0. The van der Waals surface area contributed by atoms with Crippen LogP contribution in [0, 0.1) is 0 Å². The van der Waals surface area contributed by atoms with Gasteiger partial charge in [-0.3, -0.25) is 4.79 Å². The van der Waals surface area contributed by atoms with Crippen LogP contribution in [0.5, 0.6) is 0 Å². The Morgan fingerprint density at radius 2 is 2.10 bits per heavy atom. The summed E-state index contributed by atoms with van der Waals surface area (Å²) in [6.07, 6.45) is 2.76. The fraction of sp³-hybridized carbons (Fsp3) is 0.167. The van der Waals surface area contributed by atoms with Gasteiger partial charge in [0.1, 0.15) is 0 Å². The molecule has 0 fully saturated rings. The number of halogens is 1. The summed E-state index contributed by atoms with van der Waals surface area (Å²) in [5.41, 5.74) is 0.163. The minimum Gasteiger partial charge on any atom is -0.478 e. The molecule has 2 rings (SSSR count). The van der Waals surface area contributed by atoms with Gasteiger partial charge >= 0.3 is 5.97 Å². The van der Waals surface area contributed by atoms with E-state index in [2.05, 4.69) is 10.1 Å². The predicted octanol–water partition coefficient (Wildman–Crippen LogP) is 1.32. The maximum absolute atomic E-state index is 11.7. The summed E-state index contributed by atoms with van der Waals surface area (Å²) in [6, 6.07) is 2.82. The van der Waals surface area contributed by atoms with Crippen molar-refractivity contribution in [3.63, 3.8) is 0 Å². The van der Waals surface area contributed by atoms with E-state index in [1.807, 2.05) is 0 Å². The van der Waals surface area contributed by atoms with E-state index >= 15 is 0 Å². The van der Waals surface area contributed by atoms with E-state index in [9.17, 15) is 9.59 Å². The van der Waals surface area contributed by atoms with Crippen LogP contribution in [-0.4, -0.2) is 50.7 Å². The number of rotatable bonds is 3. The van der Waals surface area contributed by atoms with E-state index < -0.39 is 5.97 Å². The fourth-order valence-electron chi connectivity index (χ4n) is 1.51. The molecular weight excluding hydrogens is 284 g/mol. The minimum atomic E-state index is -1.16. The van der Waals surface area contributed by atoms with Crippen molar-refractivity contribution in [1.82, 2.24) is 19.7 Å². The summed E-state index contributed by atoms with van der Waals surface area (Å²) in [4.78, 5) is 28.1. The number of carboxylic acids is 1. The lowest BCUT2D eigenvalue weighted by Gasteiger charge is -2.07. The fourth-order valence-corrected chi connectivity index (χ4v) is 1.70. The molecule has 1 N–H and O–H groups in total. The molecule has 20 heavy (non-hydrogen) atoms. The standard InChI is InChI=1S/C12H11ClN4O3/c1-16(2)11(18)9-3-4-17(15-9)10-5-7(12(19)20)8(13)6-14-10/h3-6H,1-2H3,(H,19,20). The quantitative estimate of drug-likeness (QED) is 0.922. The topological polar surface area (TPSA) is 88.3 Å². The van der Waals surface area contributed by atoms with Gasteiger partial charge in [-0.15, -0.1) is 0 Å². The van der Waals surface area contributed by atoms with Crippen LogP contribution in [0.4, 0.5) is 0 Å². The lowest BCUT2D eigenvalue weighted by molar-refractivity contribution is 0.0696. The Bertz CT molecular complexity index is 681. The van der Waals surface area contributed by atoms with Crippen LogP contribution < -0.4 is 0 Å². The van der Waals surface area contributed by atoms with Gasteiger partial charge in [-0.2, -0.15) is 5.10 Å². The number of nitrogens with zero attached hydrogens (tertiary/aromatic N) is 4. The monoisotopic (exact) mass is 294 g/mol. The highest BCUT2D eigenvalue weighted by atomic mass is 35.5. The molecule has 2 heterocycles. The van der Waals surface area contributed by atoms with Gasteiger partial charge in [0.2, 0.25) is 0 Å². The lowest BCUT2D eigenvalue weighted by atomic mass is 10.2. The van der Waals surface area contributed by atoms with Crippen molar-refractivity contribution in [2.45, 2.75) is 0 Å². The maximum atomic E-state index is 11.7.